The molecule has 2 aliphatic rings. The molecule has 0 aromatic carbocycles. The summed E-state index contributed by atoms with van der Waals surface area (Å²) in [6.45, 7) is 8.20. The quantitative estimate of drug-likeness (QED) is 0.0688. The van der Waals surface area contributed by atoms with Gasteiger partial charge in [-0.2, -0.15) is 0 Å². The second-order valence-electron chi connectivity index (χ2n) is 17.5. The predicted molar refractivity (Wildman–Crippen MR) is 227 cm³/mol. The van der Waals surface area contributed by atoms with Crippen molar-refractivity contribution in [2.45, 2.75) is 178 Å². The van der Waals surface area contributed by atoms with E-state index in [4.69, 9.17) is 18.9 Å². The van der Waals surface area contributed by atoms with Gasteiger partial charge in [0.1, 0.15) is 54.4 Å². The lowest BCUT2D eigenvalue weighted by Gasteiger charge is -2.38. The first kappa shape index (κ1) is 51.6. The van der Waals surface area contributed by atoms with Crippen LogP contribution in [0.5, 0.6) is 11.8 Å². The first-order valence-corrected chi connectivity index (χ1v) is 21.9. The minimum absolute atomic E-state index is 0.00244. The normalized spacial score (nSPS) is 25.3. The topological polar surface area (TPSA) is 300 Å². The number of aromatic hydroxyl groups is 2. The first-order valence-electron chi connectivity index (χ1n) is 21.9. The van der Waals surface area contributed by atoms with Crippen LogP contribution in [0.4, 0.5) is 4.79 Å². The smallest absolute Gasteiger partial charge is 0.407 e. The van der Waals surface area contributed by atoms with Gasteiger partial charge in [-0.1, -0.05) is 64.7 Å². The summed E-state index contributed by atoms with van der Waals surface area (Å²) < 4.78 is 25.5. The van der Waals surface area contributed by atoms with Gasteiger partial charge in [0.15, 0.2) is 24.3 Å². The van der Waals surface area contributed by atoms with Crippen LogP contribution in [0, 0.1) is 6.92 Å². The Hall–Kier alpha value is -4.06. The number of aliphatic hydroxyl groups is 5. The highest BCUT2D eigenvalue weighted by atomic mass is 16.7. The van der Waals surface area contributed by atoms with Crippen LogP contribution in [0.25, 0.3) is 0 Å². The summed E-state index contributed by atoms with van der Waals surface area (Å²) in [6, 6.07) is -0.595. The van der Waals surface area contributed by atoms with Gasteiger partial charge >= 0.3 is 11.8 Å². The number of alkyl carbamates (subject to hydrolysis) is 1. The lowest BCUT2D eigenvalue weighted by Crippen LogP contribution is -2.60. The van der Waals surface area contributed by atoms with E-state index in [1.54, 1.807) is 20.8 Å². The molecule has 0 aliphatic carbocycles. The van der Waals surface area contributed by atoms with E-state index in [1.807, 2.05) is 4.98 Å². The molecule has 63 heavy (non-hydrogen) atoms. The van der Waals surface area contributed by atoms with Gasteiger partial charge in [-0.15, -0.1) is 0 Å². The number of H-pyrrole nitrogens is 1. The van der Waals surface area contributed by atoms with Crippen LogP contribution in [-0.4, -0.2) is 155 Å². The first-order chi connectivity index (χ1) is 29.7. The average molecular weight is 899 g/mol. The number of ether oxygens (including phenoxy) is 4. The van der Waals surface area contributed by atoms with Gasteiger partial charge in [0.2, 0.25) is 5.91 Å². The summed E-state index contributed by atoms with van der Waals surface area (Å²) in [5, 5.41) is 83.8. The van der Waals surface area contributed by atoms with Crippen LogP contribution in [0.3, 0.4) is 0 Å². The second-order valence-corrected chi connectivity index (χ2v) is 17.5. The van der Waals surface area contributed by atoms with Crippen LogP contribution >= 0.6 is 0 Å². The monoisotopic (exact) mass is 898 g/mol. The highest BCUT2D eigenvalue weighted by Gasteiger charge is 2.55. The van der Waals surface area contributed by atoms with Crippen LogP contribution in [-0.2, 0) is 30.3 Å². The molecule has 21 nitrogen and oxygen atoms in total. The molecule has 0 spiro atoms. The number of aromatic amines is 1. The van der Waals surface area contributed by atoms with Gasteiger partial charge in [-0.05, 0) is 41.2 Å². The fourth-order valence-electron chi connectivity index (χ4n) is 8.12. The number of amides is 2. The Kier molecular flexibility index (Phi) is 19.0. The third kappa shape index (κ3) is 13.3. The minimum atomic E-state index is -1.90. The Morgan fingerprint density at radius 3 is 2.13 bits per heavy atom. The zero-order chi connectivity index (χ0) is 46.8. The summed E-state index contributed by atoms with van der Waals surface area (Å²) in [4.78, 5) is 54.2. The number of nitrogens with zero attached hydrogens (tertiary/aromatic N) is 3. The molecule has 0 bridgehead atoms. The fourth-order valence-corrected chi connectivity index (χ4v) is 8.12. The summed E-state index contributed by atoms with van der Waals surface area (Å²) in [5.41, 5.74) is -2.36. The number of aliphatic hydroxyl groups excluding tert-OH is 5. The Balaban J connectivity index is 1.59. The van der Waals surface area contributed by atoms with E-state index in [2.05, 4.69) is 17.6 Å². The molecule has 8 unspecified atom stereocenters. The predicted octanol–water partition coefficient (Wildman–Crippen LogP) is 0.734. The highest BCUT2D eigenvalue weighted by Crippen LogP contribution is 2.39. The van der Waals surface area contributed by atoms with E-state index >= 15 is 0 Å². The van der Waals surface area contributed by atoms with Crippen molar-refractivity contribution >= 4 is 12.0 Å². The molecule has 10 N–H and O–H groups in total. The van der Waals surface area contributed by atoms with Crippen molar-refractivity contribution < 1.29 is 64.3 Å². The van der Waals surface area contributed by atoms with Gasteiger partial charge in [-0.3, -0.25) is 28.6 Å². The van der Waals surface area contributed by atoms with Crippen molar-refractivity contribution in [2.75, 3.05) is 27.2 Å². The summed E-state index contributed by atoms with van der Waals surface area (Å²) in [7, 11) is 2.70. The number of rotatable bonds is 23. The number of hydrogen-bond donors (Lipinski definition) is 10. The molecule has 21 heteroatoms. The molecule has 2 aliphatic heterocycles. The Labute approximate surface area is 366 Å². The van der Waals surface area contributed by atoms with E-state index in [0.717, 1.165) is 42.5 Å². The fraction of sp³-hybridized carbons (Fsp3) is 0.762. The molecule has 0 radical (unpaired) electrons. The highest BCUT2D eigenvalue weighted by molar-refractivity contribution is 5.82. The molecule has 2 saturated heterocycles. The number of likely N-dealkylation sites (N-methyl/N-ethyl adjacent to an activating group) is 2. The van der Waals surface area contributed by atoms with Crippen LogP contribution in [0.1, 0.15) is 115 Å². The zero-order valence-electron chi connectivity index (χ0n) is 37.4. The summed E-state index contributed by atoms with van der Waals surface area (Å²) in [5.74, 6) is -1.38. The molecular formula is C42H70N6O15. The van der Waals surface area contributed by atoms with E-state index in [9.17, 15) is 54.9 Å². The van der Waals surface area contributed by atoms with Gasteiger partial charge < -0.3 is 65.3 Å². The number of hydrogen-bond acceptors (Lipinski definition) is 16. The number of carbonyl (C=O) groups is 2. The van der Waals surface area contributed by atoms with Gasteiger partial charge in [0.05, 0.1) is 11.7 Å². The largest absolute Gasteiger partial charge is 0.494 e. The molecule has 2 fully saturated rings. The summed E-state index contributed by atoms with van der Waals surface area (Å²) in [6.07, 6.45) is -5.73. The van der Waals surface area contributed by atoms with Crippen molar-refractivity contribution in [1.29, 1.82) is 0 Å². The van der Waals surface area contributed by atoms with Crippen LogP contribution in [0.2, 0.25) is 0 Å². The molecule has 4 rings (SSSR count). The summed E-state index contributed by atoms with van der Waals surface area (Å²) >= 11 is 0. The molecule has 4 heterocycles. The average Bonchev–Trinajstić information content (AvgIpc) is 3.74. The molecule has 0 saturated carbocycles. The van der Waals surface area contributed by atoms with Crippen LogP contribution in [0.15, 0.2) is 21.9 Å². The van der Waals surface area contributed by atoms with E-state index in [0.29, 0.717) is 6.42 Å². The van der Waals surface area contributed by atoms with E-state index in [-0.39, 0.29) is 36.0 Å². The van der Waals surface area contributed by atoms with Gasteiger partial charge in [0, 0.05) is 44.5 Å². The van der Waals surface area contributed by atoms with E-state index < -0.39 is 103 Å². The molecule has 358 valence electrons. The zero-order valence-corrected chi connectivity index (χ0v) is 37.4. The number of carbonyl (C=O) groups excluding carboxylic acids is 2. The Morgan fingerprint density at radius 2 is 1.54 bits per heavy atom. The minimum Gasteiger partial charge on any atom is -0.494 e. The third-order valence-corrected chi connectivity index (χ3v) is 11.5. The molecule has 2 aromatic heterocycles. The molecule has 2 aromatic rings. The maximum Gasteiger partial charge on any atom is 0.407 e. The number of aromatic nitrogens is 3. The number of nitrogens with one attached hydrogen (secondary N) is 3. The van der Waals surface area contributed by atoms with Crippen LogP contribution < -0.4 is 21.9 Å². The Bertz CT molecular complexity index is 1900. The maximum atomic E-state index is 13.9. The van der Waals surface area contributed by atoms with Crippen molar-refractivity contribution in [3.63, 3.8) is 0 Å². The second kappa shape index (κ2) is 23.2. The van der Waals surface area contributed by atoms with E-state index in [1.165, 1.54) is 62.6 Å². The van der Waals surface area contributed by atoms with Crippen molar-refractivity contribution in [2.24, 2.45) is 0 Å². The third-order valence-electron chi connectivity index (χ3n) is 11.5. The van der Waals surface area contributed by atoms with Gasteiger partial charge in [0.25, 0.3) is 5.56 Å². The van der Waals surface area contributed by atoms with Crippen molar-refractivity contribution in [3.05, 3.63) is 44.2 Å². The Morgan fingerprint density at radius 1 is 0.921 bits per heavy atom. The standard InChI is InChI=1S/C42H70N6O15/c1-8-9-10-11-12-13-14-15-16-17-19-47-36(56)23(2)27(37(47)57)24(49)22-46(7)28(35(55)43-6)33(34-30(52)31(53)38(61-34)48-20-18-26(50)45-40(48)58)62-39-32(54)29(51)25(60-39)21-44-41(59)63-42(3,4)5/h18,20,24-25,28-34,38-39,49,51-54,56-57H,8-17,19,21-22H2,1-7H3,(H,43,55)(H,44,59)(H,45,50,58)/t24-,25?,28-,29?,30?,31?,32?,33-,34?,38?,39?/m0/s1. The lowest BCUT2D eigenvalue weighted by atomic mass is 9.96. The maximum absolute atomic E-state index is 13.9. The number of unbranched alkanes of at least 4 members (excludes halogenated alkanes) is 9. The molecule has 2 amide bonds. The van der Waals surface area contributed by atoms with Gasteiger partial charge in [-0.25, -0.2) is 9.59 Å². The van der Waals surface area contributed by atoms with Crippen molar-refractivity contribution in [1.82, 2.24) is 29.7 Å². The SMILES string of the molecule is CCCCCCCCCCCCn1c(O)c(C)c([C@@H](O)CN(C)[C@H](C(=O)NC)[C@H](OC2OC(CNC(=O)OC(C)(C)C)C(O)C2O)C2OC(n3ccc(=O)[nH]c3=O)C(O)C2O)c1O. The lowest BCUT2D eigenvalue weighted by molar-refractivity contribution is -0.233. The van der Waals surface area contributed by atoms with Crippen molar-refractivity contribution in [3.8, 4) is 11.8 Å². The molecular weight excluding hydrogens is 828 g/mol. The molecule has 11 atom stereocenters.